The molecule has 12 nitrogen and oxygen atoms in total. The zero-order valence-electron chi connectivity index (χ0n) is 22.2. The maximum absolute atomic E-state index is 13.3. The number of β-amino-alcohol motifs (C(OH)–C–C–N with tert-alkyl or cyclic N) is 1. The Morgan fingerprint density at radius 3 is 2.85 bits per heavy atom. The molecule has 41 heavy (non-hydrogen) atoms. The number of hydrogen-bond acceptors (Lipinski definition) is 10. The number of aromatic nitrogens is 5. The third-order valence-corrected chi connectivity index (χ3v) is 8.56. The molecule has 210 valence electrons. The van der Waals surface area contributed by atoms with Crippen LogP contribution in [0.4, 0.5) is 11.4 Å². The minimum atomic E-state index is -3.08. The highest BCUT2D eigenvalue weighted by Crippen LogP contribution is 2.34. The van der Waals surface area contributed by atoms with E-state index in [-0.39, 0.29) is 23.0 Å². The fraction of sp³-hybridized carbons (Fsp3) is 0.250. The highest BCUT2D eigenvalue weighted by Gasteiger charge is 2.25. The van der Waals surface area contributed by atoms with E-state index < -0.39 is 21.7 Å². The number of aliphatic hydroxyl groups excluding tert-OH is 1. The van der Waals surface area contributed by atoms with Crippen molar-refractivity contribution in [2.24, 2.45) is 0 Å². The molecule has 2 atom stereocenters. The molecule has 0 spiro atoms. The Balaban J connectivity index is 1.27. The van der Waals surface area contributed by atoms with Gasteiger partial charge in [-0.2, -0.15) is 5.10 Å². The van der Waals surface area contributed by atoms with Crippen molar-refractivity contribution >= 4 is 37.9 Å². The molecule has 0 saturated carbocycles. The Labute approximate surface area is 236 Å². The molecule has 0 bridgehead atoms. The molecule has 0 aliphatic carbocycles. The quantitative estimate of drug-likeness (QED) is 0.251. The van der Waals surface area contributed by atoms with Gasteiger partial charge in [-0.3, -0.25) is 14.5 Å². The molecule has 1 aliphatic rings. The van der Waals surface area contributed by atoms with Gasteiger partial charge < -0.3 is 19.7 Å². The molecule has 1 amide bonds. The minimum absolute atomic E-state index is 0.0538. The number of aliphatic hydroxyl groups is 1. The lowest BCUT2D eigenvalue weighted by Gasteiger charge is -2.21. The second-order valence-electron chi connectivity index (χ2n) is 9.93. The topological polar surface area (TPSA) is 163 Å². The van der Waals surface area contributed by atoms with Gasteiger partial charge in [0, 0.05) is 48.3 Å². The summed E-state index contributed by atoms with van der Waals surface area (Å²) in [5.74, 6) is -0.0714. The molecule has 6 rings (SSSR count). The predicted molar refractivity (Wildman–Crippen MR) is 153 cm³/mol. The second-order valence-corrected chi connectivity index (χ2v) is 12.1. The monoisotopic (exact) mass is 572 g/mol. The Morgan fingerprint density at radius 1 is 1.22 bits per heavy atom. The summed E-state index contributed by atoms with van der Waals surface area (Å²) in [6.45, 7) is 3.16. The predicted octanol–water partition coefficient (Wildman–Crippen LogP) is 3.72. The highest BCUT2D eigenvalue weighted by molar-refractivity contribution is 7.92. The normalized spacial score (nSPS) is 16.6. The zero-order valence-corrected chi connectivity index (χ0v) is 23.0. The van der Waals surface area contributed by atoms with Crippen molar-refractivity contribution < 1.29 is 18.5 Å². The lowest BCUT2D eigenvalue weighted by atomic mass is 10.2. The maximum Gasteiger partial charge on any atom is 0.277 e. The van der Waals surface area contributed by atoms with Gasteiger partial charge in [0.2, 0.25) is 5.89 Å². The van der Waals surface area contributed by atoms with Crippen LogP contribution in [0.3, 0.4) is 0 Å². The highest BCUT2D eigenvalue weighted by atomic mass is 32.2. The molecule has 2 unspecified atom stereocenters. The largest absolute Gasteiger partial charge is 0.444 e. The van der Waals surface area contributed by atoms with Crippen LogP contribution in [-0.2, 0) is 16.3 Å². The number of benzene rings is 1. The van der Waals surface area contributed by atoms with Crippen LogP contribution in [0.5, 0.6) is 0 Å². The number of pyridine rings is 2. The number of aryl methyl sites for hydroxylation is 2. The summed E-state index contributed by atoms with van der Waals surface area (Å²) < 4.78 is 28.4. The van der Waals surface area contributed by atoms with Gasteiger partial charge in [0.1, 0.15) is 11.3 Å². The average Bonchev–Trinajstić information content (AvgIpc) is 3.72. The van der Waals surface area contributed by atoms with Crippen LogP contribution in [0.2, 0.25) is 0 Å². The van der Waals surface area contributed by atoms with Gasteiger partial charge in [0.05, 0.1) is 45.0 Å². The lowest BCUT2D eigenvalue weighted by molar-refractivity contribution is 0.102. The number of nitrogens with zero attached hydrogens (tertiary/aromatic N) is 6. The fourth-order valence-corrected chi connectivity index (χ4v) is 5.98. The molecule has 0 radical (unpaired) electrons. The first-order valence-electron chi connectivity index (χ1n) is 13.1. The molecular weight excluding hydrogens is 544 g/mol. The van der Waals surface area contributed by atoms with Gasteiger partial charge in [-0.25, -0.2) is 19.0 Å². The molecule has 1 fully saturated rings. The Bertz CT molecular complexity index is 1830. The SMILES string of the molecule is Cc1cc(-c2nc(C(=O)Nc3cc4cn(CCS(=N)(=O)c5ccccn5)nc4cc3N3CCC(O)C3)co2)ccn1. The third-order valence-electron chi connectivity index (χ3n) is 6.89. The van der Waals surface area contributed by atoms with E-state index in [1.807, 2.05) is 30.0 Å². The molecular formula is C28H28N8O4S. The fourth-order valence-electron chi connectivity index (χ4n) is 4.79. The number of anilines is 2. The van der Waals surface area contributed by atoms with Crippen molar-refractivity contribution in [1.82, 2.24) is 24.7 Å². The van der Waals surface area contributed by atoms with E-state index >= 15 is 0 Å². The molecule has 3 N–H and O–H groups in total. The number of carbonyl (C=O) groups is 1. The van der Waals surface area contributed by atoms with Crippen molar-refractivity contribution in [3.8, 4) is 11.5 Å². The third kappa shape index (κ3) is 5.67. The van der Waals surface area contributed by atoms with E-state index in [2.05, 4.69) is 25.4 Å². The number of amides is 1. The number of rotatable bonds is 8. The summed E-state index contributed by atoms with van der Waals surface area (Å²) in [5, 5.41) is 18.8. The summed E-state index contributed by atoms with van der Waals surface area (Å²) in [7, 11) is -3.08. The smallest absolute Gasteiger partial charge is 0.277 e. The zero-order chi connectivity index (χ0) is 28.6. The van der Waals surface area contributed by atoms with Crippen LogP contribution in [-0.4, -0.2) is 64.9 Å². The van der Waals surface area contributed by atoms with Crippen molar-refractivity contribution in [1.29, 1.82) is 4.78 Å². The molecule has 4 aromatic heterocycles. The van der Waals surface area contributed by atoms with E-state index in [9.17, 15) is 14.1 Å². The molecule has 1 aromatic carbocycles. The average molecular weight is 573 g/mol. The van der Waals surface area contributed by atoms with Crippen LogP contribution >= 0.6 is 0 Å². The number of nitrogens with one attached hydrogen (secondary N) is 2. The van der Waals surface area contributed by atoms with Gasteiger partial charge in [-0.05, 0) is 49.7 Å². The first kappa shape index (κ1) is 26.6. The number of hydrogen-bond donors (Lipinski definition) is 3. The summed E-state index contributed by atoms with van der Waals surface area (Å²) in [6.07, 6.45) is 6.44. The molecule has 5 heterocycles. The van der Waals surface area contributed by atoms with E-state index in [0.717, 1.165) is 22.3 Å². The summed E-state index contributed by atoms with van der Waals surface area (Å²) in [6, 6.07) is 12.3. The van der Waals surface area contributed by atoms with Crippen LogP contribution < -0.4 is 10.2 Å². The Morgan fingerprint density at radius 2 is 2.10 bits per heavy atom. The molecule has 1 aliphatic heterocycles. The lowest BCUT2D eigenvalue weighted by Crippen LogP contribution is -2.23. The summed E-state index contributed by atoms with van der Waals surface area (Å²) in [4.78, 5) is 27.9. The molecule has 1 saturated heterocycles. The van der Waals surface area contributed by atoms with E-state index in [1.165, 1.54) is 12.5 Å². The van der Waals surface area contributed by atoms with Gasteiger partial charge >= 0.3 is 0 Å². The van der Waals surface area contributed by atoms with Gasteiger partial charge in [-0.15, -0.1) is 0 Å². The van der Waals surface area contributed by atoms with Crippen LogP contribution in [0.25, 0.3) is 22.4 Å². The Hall–Kier alpha value is -4.62. The van der Waals surface area contributed by atoms with Gasteiger partial charge in [-0.1, -0.05) is 6.07 Å². The van der Waals surface area contributed by atoms with Gasteiger partial charge in [0.25, 0.3) is 5.91 Å². The summed E-state index contributed by atoms with van der Waals surface area (Å²) >= 11 is 0. The van der Waals surface area contributed by atoms with Crippen LogP contribution in [0.15, 0.2) is 76.8 Å². The first-order valence-corrected chi connectivity index (χ1v) is 14.8. The number of fused-ring (bicyclic) bond motifs is 1. The molecule has 13 heteroatoms. The van der Waals surface area contributed by atoms with Crippen LogP contribution in [0, 0.1) is 11.7 Å². The van der Waals surface area contributed by atoms with Crippen molar-refractivity contribution in [2.45, 2.75) is 31.0 Å². The second kappa shape index (κ2) is 10.7. The van der Waals surface area contributed by atoms with E-state index in [4.69, 9.17) is 9.20 Å². The van der Waals surface area contributed by atoms with Crippen molar-refractivity contribution in [3.63, 3.8) is 0 Å². The van der Waals surface area contributed by atoms with E-state index in [0.29, 0.717) is 36.6 Å². The number of oxazole rings is 1. The Kier molecular flexibility index (Phi) is 6.97. The first-order chi connectivity index (χ1) is 19.7. The van der Waals surface area contributed by atoms with Crippen molar-refractivity contribution in [2.75, 3.05) is 29.1 Å². The van der Waals surface area contributed by atoms with Crippen molar-refractivity contribution in [3.05, 3.63) is 78.7 Å². The standard InChI is InChI=1S/C28H28N8O4S/c1-18-12-19(5-8-30-18)28-33-24(17-40-28)27(38)32-23-13-20-15-36(10-11-41(29,39)26-4-2-3-7-31-26)34-22(20)14-25(23)35-9-6-21(37)16-35/h2-5,7-8,12-15,17,21,29,37H,6,9-11,16H2,1H3,(H,32,38). The summed E-state index contributed by atoms with van der Waals surface area (Å²) in [5.41, 5.74) is 3.58. The number of carbonyl (C=O) groups excluding carboxylic acids is 1. The molecule has 5 aromatic rings. The van der Waals surface area contributed by atoms with Gasteiger partial charge in [0.15, 0.2) is 5.69 Å². The van der Waals surface area contributed by atoms with Crippen LogP contribution in [0.1, 0.15) is 22.6 Å². The minimum Gasteiger partial charge on any atom is -0.444 e. The maximum atomic E-state index is 13.3. The van der Waals surface area contributed by atoms with E-state index in [1.54, 1.807) is 41.3 Å².